The van der Waals surface area contributed by atoms with Crippen LogP contribution in [0.15, 0.2) is 53.9 Å². The number of nitrogens with zero attached hydrogens (tertiary/aromatic N) is 3. The van der Waals surface area contributed by atoms with E-state index in [1.807, 2.05) is 40.6 Å². The molecule has 4 aromatic rings. The summed E-state index contributed by atoms with van der Waals surface area (Å²) in [6.07, 6.45) is 3.23. The molecule has 0 saturated carbocycles. The molecule has 9 nitrogen and oxygen atoms in total. The molecule has 2 aromatic heterocycles. The minimum Gasteiger partial charge on any atom is -0.490 e. The smallest absolute Gasteiger partial charge is 0.407 e. The van der Waals surface area contributed by atoms with Crippen molar-refractivity contribution in [1.29, 1.82) is 0 Å². The largest absolute Gasteiger partial charge is 0.490 e. The zero-order chi connectivity index (χ0) is 31.8. The van der Waals surface area contributed by atoms with Gasteiger partial charge >= 0.3 is 6.09 Å². The number of nitrogens with one attached hydrogen (secondary N) is 1. The number of carbonyl (C=O) groups excluding carboxylic acids is 2. The van der Waals surface area contributed by atoms with Crippen molar-refractivity contribution in [1.82, 2.24) is 20.4 Å². The van der Waals surface area contributed by atoms with Gasteiger partial charge in [0.05, 0.1) is 24.3 Å². The van der Waals surface area contributed by atoms with Crippen molar-refractivity contribution in [3.8, 4) is 28.3 Å². The van der Waals surface area contributed by atoms with Crippen molar-refractivity contribution < 1.29 is 28.2 Å². The normalized spacial score (nSPS) is 13.6. The van der Waals surface area contributed by atoms with Gasteiger partial charge in [0.1, 0.15) is 35.2 Å². The monoisotopic (exact) mass is 634 g/mol. The number of rotatable bonds is 11. The second kappa shape index (κ2) is 14.8. The molecule has 1 saturated heterocycles. The van der Waals surface area contributed by atoms with Crippen molar-refractivity contribution in [3.05, 3.63) is 65.3 Å². The molecule has 0 atom stereocenters. The highest BCUT2D eigenvalue weighted by molar-refractivity contribution is 7.17. The molecule has 238 valence electrons. The van der Waals surface area contributed by atoms with E-state index >= 15 is 0 Å². The quantitative estimate of drug-likeness (QED) is 0.185. The maximum absolute atomic E-state index is 14.3. The highest BCUT2D eigenvalue weighted by Gasteiger charge is 2.20. The molecule has 1 aliphatic rings. The number of benzene rings is 2. The van der Waals surface area contributed by atoms with Gasteiger partial charge in [0.25, 0.3) is 0 Å². The first-order valence-electron chi connectivity index (χ1n) is 15.3. The first-order chi connectivity index (χ1) is 21.7. The lowest BCUT2D eigenvalue weighted by molar-refractivity contribution is -0.131. The number of alkyl carbamates (subject to hydrolysis) is 1. The zero-order valence-electron chi connectivity index (χ0n) is 25.9. The molecule has 0 unspecified atom stereocenters. The Morgan fingerprint density at radius 3 is 2.47 bits per heavy atom. The molecule has 45 heavy (non-hydrogen) atoms. The summed E-state index contributed by atoms with van der Waals surface area (Å²) in [5.74, 6) is 0.0814. The number of piperidine rings is 1. The molecule has 1 aliphatic heterocycles. The molecule has 3 heterocycles. The van der Waals surface area contributed by atoms with Crippen LogP contribution >= 0.6 is 11.3 Å². The number of hydrogen-bond donors (Lipinski definition) is 1. The zero-order valence-corrected chi connectivity index (χ0v) is 26.8. The third-order valence-electron chi connectivity index (χ3n) is 7.28. The number of ether oxygens (including phenoxy) is 3. The van der Waals surface area contributed by atoms with Crippen molar-refractivity contribution in [2.75, 3.05) is 39.5 Å². The van der Waals surface area contributed by atoms with Gasteiger partial charge in [0.2, 0.25) is 5.91 Å². The maximum Gasteiger partial charge on any atom is 0.407 e. The van der Waals surface area contributed by atoms with Gasteiger partial charge in [-0.2, -0.15) is 0 Å². The molecule has 0 aliphatic carbocycles. The molecule has 0 radical (unpaired) electrons. The molecule has 1 fully saturated rings. The third-order valence-corrected chi connectivity index (χ3v) is 8.20. The van der Waals surface area contributed by atoms with E-state index in [0.29, 0.717) is 23.4 Å². The highest BCUT2D eigenvalue weighted by atomic mass is 32.1. The maximum atomic E-state index is 14.3. The Labute approximate surface area is 266 Å². The van der Waals surface area contributed by atoms with Gasteiger partial charge in [-0.15, -0.1) is 21.5 Å². The van der Waals surface area contributed by atoms with Gasteiger partial charge in [-0.3, -0.25) is 4.79 Å². The molecule has 0 spiro atoms. The number of fused-ring (bicyclic) bond motifs is 1. The third kappa shape index (κ3) is 8.76. The summed E-state index contributed by atoms with van der Waals surface area (Å²) in [6.45, 7) is 8.06. The van der Waals surface area contributed by atoms with E-state index < -0.39 is 17.5 Å². The lowest BCUT2D eigenvalue weighted by Crippen LogP contribution is -2.36. The van der Waals surface area contributed by atoms with Gasteiger partial charge in [-0.25, -0.2) is 9.18 Å². The number of carbonyl (C=O) groups is 2. The Morgan fingerprint density at radius 1 is 0.956 bits per heavy atom. The van der Waals surface area contributed by atoms with Crippen molar-refractivity contribution >= 4 is 33.4 Å². The van der Waals surface area contributed by atoms with Crippen LogP contribution in [-0.2, 0) is 20.7 Å². The molecule has 2 aromatic carbocycles. The topological polar surface area (TPSA) is 103 Å². The fraction of sp³-hybridized carbons (Fsp3) is 0.412. The molecule has 11 heteroatoms. The summed E-state index contributed by atoms with van der Waals surface area (Å²) < 4.78 is 31.9. The average Bonchev–Trinajstić information content (AvgIpc) is 3.51. The Bertz CT molecular complexity index is 1610. The molecular formula is C34H39FN4O5S. The van der Waals surface area contributed by atoms with Crippen LogP contribution in [0.25, 0.3) is 32.6 Å². The molecule has 5 rings (SSSR count). The van der Waals surface area contributed by atoms with E-state index in [1.165, 1.54) is 29.9 Å². The van der Waals surface area contributed by atoms with E-state index in [9.17, 15) is 14.0 Å². The molecular weight excluding hydrogens is 595 g/mol. The fourth-order valence-corrected chi connectivity index (χ4v) is 6.04. The van der Waals surface area contributed by atoms with Gasteiger partial charge in [0, 0.05) is 42.2 Å². The number of likely N-dealkylation sites (tertiary alicyclic amines) is 1. The summed E-state index contributed by atoms with van der Waals surface area (Å²) >= 11 is 1.53. The van der Waals surface area contributed by atoms with Gasteiger partial charge in [0.15, 0.2) is 0 Å². The highest BCUT2D eigenvalue weighted by Crippen LogP contribution is 2.39. The van der Waals surface area contributed by atoms with E-state index in [0.717, 1.165) is 52.8 Å². The molecule has 2 amide bonds. The van der Waals surface area contributed by atoms with E-state index in [-0.39, 0.29) is 32.3 Å². The van der Waals surface area contributed by atoms with Crippen molar-refractivity contribution in [2.45, 2.75) is 52.1 Å². The Balaban J connectivity index is 1.23. The first-order valence-corrected chi connectivity index (χ1v) is 16.1. The van der Waals surface area contributed by atoms with Crippen LogP contribution in [0, 0.1) is 5.82 Å². The predicted molar refractivity (Wildman–Crippen MR) is 173 cm³/mol. The van der Waals surface area contributed by atoms with Crippen molar-refractivity contribution in [3.63, 3.8) is 0 Å². The first kappa shape index (κ1) is 32.3. The molecule has 1 N–H and O–H groups in total. The number of amides is 2. The van der Waals surface area contributed by atoms with Crippen LogP contribution in [0.3, 0.4) is 0 Å². The van der Waals surface area contributed by atoms with Crippen LogP contribution in [0.4, 0.5) is 9.18 Å². The number of hydrogen-bond acceptors (Lipinski definition) is 8. The second-order valence-corrected chi connectivity index (χ2v) is 12.8. The minimum absolute atomic E-state index is 0.172. The minimum atomic E-state index is -0.568. The Morgan fingerprint density at radius 2 is 1.71 bits per heavy atom. The van der Waals surface area contributed by atoms with Gasteiger partial charge in [-0.05, 0) is 69.2 Å². The second-order valence-electron chi connectivity index (χ2n) is 11.9. The lowest BCUT2D eigenvalue weighted by Gasteiger charge is -2.26. The van der Waals surface area contributed by atoms with Gasteiger partial charge in [-0.1, -0.05) is 24.3 Å². The van der Waals surface area contributed by atoms with E-state index in [2.05, 4.69) is 15.5 Å². The SMILES string of the molecule is CC(C)(C)OC(=O)NCCOCCOc1cc(F)ccc1-c1nnc(-c2ccc(CC(=O)N3CCCCC3)cc2)c2ccsc12. The van der Waals surface area contributed by atoms with E-state index in [1.54, 1.807) is 26.8 Å². The lowest BCUT2D eigenvalue weighted by atomic mass is 10.0. The van der Waals surface area contributed by atoms with Crippen LogP contribution < -0.4 is 10.1 Å². The van der Waals surface area contributed by atoms with Crippen molar-refractivity contribution in [2.24, 2.45) is 0 Å². The molecule has 0 bridgehead atoms. The average molecular weight is 635 g/mol. The van der Waals surface area contributed by atoms with Crippen LogP contribution in [0.1, 0.15) is 45.6 Å². The Hall–Kier alpha value is -4.09. The van der Waals surface area contributed by atoms with Crippen LogP contribution in [0.2, 0.25) is 0 Å². The number of aromatic nitrogens is 2. The summed E-state index contributed by atoms with van der Waals surface area (Å²) in [5, 5.41) is 14.7. The summed E-state index contributed by atoms with van der Waals surface area (Å²) in [4.78, 5) is 26.4. The standard InChI is InChI=1S/C34H39FN4O5S/c1-34(2,3)44-33(41)36-14-17-42-18-19-43-28-22-25(35)11-12-26(28)31-32-27(13-20-45-32)30(37-38-31)24-9-7-23(8-10-24)21-29(40)39-15-5-4-6-16-39/h7-13,20,22H,4-6,14-19,21H2,1-3H3,(H,36,41). The van der Waals surface area contributed by atoms with Gasteiger partial charge < -0.3 is 24.4 Å². The summed E-state index contributed by atoms with van der Waals surface area (Å²) in [6, 6.07) is 14.3. The summed E-state index contributed by atoms with van der Waals surface area (Å²) in [5.41, 5.74) is 3.27. The fourth-order valence-electron chi connectivity index (χ4n) is 5.14. The predicted octanol–water partition coefficient (Wildman–Crippen LogP) is 6.64. The van der Waals surface area contributed by atoms with Crippen LogP contribution in [-0.4, -0.2) is 72.2 Å². The Kier molecular flexibility index (Phi) is 10.6. The summed E-state index contributed by atoms with van der Waals surface area (Å²) in [7, 11) is 0. The van der Waals surface area contributed by atoms with E-state index in [4.69, 9.17) is 14.2 Å². The number of halogens is 1. The van der Waals surface area contributed by atoms with Crippen LogP contribution in [0.5, 0.6) is 5.75 Å². The number of thiophene rings is 1.